The van der Waals surface area contributed by atoms with Gasteiger partial charge >= 0.3 is 0 Å². The Morgan fingerprint density at radius 2 is 1.90 bits per heavy atom. The highest BCUT2D eigenvalue weighted by Crippen LogP contribution is 2.41. The van der Waals surface area contributed by atoms with E-state index in [9.17, 15) is 13.2 Å². The molecule has 1 aromatic heterocycles. The summed E-state index contributed by atoms with van der Waals surface area (Å²) in [5.41, 5.74) is 0.989. The van der Waals surface area contributed by atoms with E-state index in [0.29, 0.717) is 50.7 Å². The maximum absolute atomic E-state index is 13.1. The third-order valence-electron chi connectivity index (χ3n) is 5.44. The fourth-order valence-electron chi connectivity index (χ4n) is 4.08. The Bertz CT molecular complexity index is 996. The standard InChI is InChI=1S/C20H27N3O4S2/c1-14(2)21-20(24)19-18(16-5-3-4-6-17(16)28-19)15-7-8-23(13-15)29(25,26)22-9-11-27-12-10-22/h3-6,14-15H,7-13H2,1-2H3,(H,21,24)/t15-/m0/s1. The number of fused-ring (bicyclic) bond motifs is 1. The second-order valence-electron chi connectivity index (χ2n) is 7.83. The summed E-state index contributed by atoms with van der Waals surface area (Å²) < 4.78 is 35.5. The van der Waals surface area contributed by atoms with E-state index < -0.39 is 10.2 Å². The molecule has 0 spiro atoms. The van der Waals surface area contributed by atoms with Crippen LogP contribution in [0.15, 0.2) is 24.3 Å². The van der Waals surface area contributed by atoms with Crippen LogP contribution < -0.4 is 5.32 Å². The van der Waals surface area contributed by atoms with Crippen molar-refractivity contribution in [2.24, 2.45) is 0 Å². The first-order valence-corrected chi connectivity index (χ1v) is 12.2. The van der Waals surface area contributed by atoms with Crippen molar-refractivity contribution in [1.82, 2.24) is 13.9 Å². The fourth-order valence-corrected chi connectivity index (χ4v) is 6.92. The van der Waals surface area contributed by atoms with Gasteiger partial charge in [0.2, 0.25) is 0 Å². The van der Waals surface area contributed by atoms with Gasteiger partial charge in [-0.1, -0.05) is 18.2 Å². The van der Waals surface area contributed by atoms with Crippen LogP contribution in [0.4, 0.5) is 0 Å². The van der Waals surface area contributed by atoms with Gasteiger partial charge in [-0.25, -0.2) is 0 Å². The van der Waals surface area contributed by atoms with E-state index in [1.54, 1.807) is 4.31 Å². The minimum atomic E-state index is -3.50. The Hall–Kier alpha value is -1.52. The van der Waals surface area contributed by atoms with E-state index >= 15 is 0 Å². The quantitative estimate of drug-likeness (QED) is 0.779. The van der Waals surface area contributed by atoms with Gasteiger partial charge in [-0.05, 0) is 37.3 Å². The number of hydrogen-bond donors (Lipinski definition) is 1. The summed E-state index contributed by atoms with van der Waals surface area (Å²) in [4.78, 5) is 13.6. The topological polar surface area (TPSA) is 79.0 Å². The van der Waals surface area contributed by atoms with Gasteiger partial charge in [-0.15, -0.1) is 11.3 Å². The zero-order valence-electron chi connectivity index (χ0n) is 16.8. The number of hydrogen-bond acceptors (Lipinski definition) is 5. The molecule has 0 bridgehead atoms. The first kappa shape index (κ1) is 20.7. The van der Waals surface area contributed by atoms with Crippen molar-refractivity contribution in [3.05, 3.63) is 34.7 Å². The minimum Gasteiger partial charge on any atom is -0.379 e. The highest BCUT2D eigenvalue weighted by atomic mass is 32.2. The van der Waals surface area contributed by atoms with Crippen LogP contribution in [0.3, 0.4) is 0 Å². The molecule has 2 saturated heterocycles. The van der Waals surface area contributed by atoms with E-state index in [0.717, 1.165) is 15.6 Å². The van der Waals surface area contributed by atoms with Crippen LogP contribution >= 0.6 is 11.3 Å². The van der Waals surface area contributed by atoms with Crippen LogP contribution in [0.1, 0.15) is 41.4 Å². The van der Waals surface area contributed by atoms with E-state index in [-0.39, 0.29) is 17.9 Å². The number of ether oxygens (including phenoxy) is 1. The molecule has 2 fully saturated rings. The summed E-state index contributed by atoms with van der Waals surface area (Å²) in [5.74, 6) is -0.0689. The molecule has 29 heavy (non-hydrogen) atoms. The number of carbonyl (C=O) groups excluding carboxylic acids is 1. The minimum absolute atomic E-state index is 0.00915. The summed E-state index contributed by atoms with van der Waals surface area (Å²) in [6.45, 7) is 6.42. The van der Waals surface area contributed by atoms with Gasteiger partial charge in [0, 0.05) is 42.8 Å². The molecule has 1 atom stereocenters. The largest absolute Gasteiger partial charge is 0.379 e. The molecule has 1 N–H and O–H groups in total. The molecule has 3 heterocycles. The summed E-state index contributed by atoms with van der Waals surface area (Å²) >= 11 is 1.49. The van der Waals surface area contributed by atoms with E-state index in [1.165, 1.54) is 15.6 Å². The average Bonchev–Trinajstić information content (AvgIpc) is 3.33. The molecule has 2 aliphatic rings. The maximum atomic E-state index is 13.1. The molecule has 2 aliphatic heterocycles. The lowest BCUT2D eigenvalue weighted by Crippen LogP contribution is -2.47. The zero-order valence-corrected chi connectivity index (χ0v) is 18.4. The van der Waals surface area contributed by atoms with Crippen LogP contribution in [0, 0.1) is 0 Å². The molecular weight excluding hydrogens is 410 g/mol. The molecule has 9 heteroatoms. The Balaban J connectivity index is 1.64. The molecule has 4 rings (SSSR count). The zero-order chi connectivity index (χ0) is 20.6. The first-order valence-electron chi connectivity index (χ1n) is 10.0. The molecule has 2 aromatic rings. The summed E-state index contributed by atoms with van der Waals surface area (Å²) in [6.07, 6.45) is 0.715. The van der Waals surface area contributed by atoms with E-state index in [1.807, 2.05) is 38.1 Å². The Labute approximate surface area is 175 Å². The molecule has 0 unspecified atom stereocenters. The number of thiophene rings is 1. The summed E-state index contributed by atoms with van der Waals surface area (Å²) in [5, 5.41) is 4.05. The number of nitrogens with zero attached hydrogens (tertiary/aromatic N) is 2. The second-order valence-corrected chi connectivity index (χ2v) is 10.8. The molecule has 0 radical (unpaired) electrons. The van der Waals surface area contributed by atoms with Gasteiger partial charge in [0.1, 0.15) is 0 Å². The van der Waals surface area contributed by atoms with Crippen molar-refractivity contribution < 1.29 is 17.9 Å². The van der Waals surface area contributed by atoms with E-state index in [2.05, 4.69) is 5.32 Å². The van der Waals surface area contributed by atoms with Gasteiger partial charge in [0.25, 0.3) is 16.1 Å². The van der Waals surface area contributed by atoms with Crippen LogP contribution in [0.2, 0.25) is 0 Å². The third kappa shape index (κ3) is 4.06. The van der Waals surface area contributed by atoms with E-state index in [4.69, 9.17) is 4.74 Å². The fraction of sp³-hybridized carbons (Fsp3) is 0.550. The predicted octanol–water partition coefficient (Wildman–Crippen LogP) is 2.41. The van der Waals surface area contributed by atoms with Crippen LogP contribution in [0.25, 0.3) is 10.1 Å². The molecular formula is C20H27N3O4S2. The number of benzene rings is 1. The second kappa shape index (κ2) is 8.31. The van der Waals surface area contributed by atoms with Gasteiger partial charge in [0.15, 0.2) is 0 Å². The number of nitrogens with one attached hydrogen (secondary N) is 1. The van der Waals surface area contributed by atoms with Crippen molar-refractivity contribution in [3.63, 3.8) is 0 Å². The van der Waals surface area contributed by atoms with Gasteiger partial charge < -0.3 is 10.1 Å². The van der Waals surface area contributed by atoms with Crippen LogP contribution in [0.5, 0.6) is 0 Å². The SMILES string of the molecule is CC(C)NC(=O)c1sc2ccccc2c1[C@H]1CCN(S(=O)(=O)N2CCOCC2)C1. The summed E-state index contributed by atoms with van der Waals surface area (Å²) in [6, 6.07) is 8.04. The van der Waals surface area contributed by atoms with Crippen molar-refractivity contribution in [1.29, 1.82) is 0 Å². The number of amides is 1. The molecule has 7 nitrogen and oxygen atoms in total. The lowest BCUT2D eigenvalue weighted by atomic mass is 9.95. The number of carbonyl (C=O) groups is 1. The van der Waals surface area contributed by atoms with Crippen LogP contribution in [-0.2, 0) is 14.9 Å². The van der Waals surface area contributed by atoms with Crippen molar-refractivity contribution in [2.45, 2.75) is 32.2 Å². The molecule has 1 aromatic carbocycles. The molecule has 1 amide bonds. The predicted molar refractivity (Wildman–Crippen MR) is 115 cm³/mol. The maximum Gasteiger partial charge on any atom is 0.282 e. The molecule has 158 valence electrons. The summed E-state index contributed by atoms with van der Waals surface area (Å²) in [7, 11) is -3.50. The average molecular weight is 438 g/mol. The highest BCUT2D eigenvalue weighted by molar-refractivity contribution is 7.86. The monoisotopic (exact) mass is 437 g/mol. The lowest BCUT2D eigenvalue weighted by Gasteiger charge is -2.30. The van der Waals surface area contributed by atoms with Gasteiger partial charge in [0.05, 0.1) is 18.1 Å². The van der Waals surface area contributed by atoms with Crippen molar-refractivity contribution in [3.8, 4) is 0 Å². The molecule has 0 saturated carbocycles. The number of rotatable bonds is 5. The molecule has 0 aliphatic carbocycles. The van der Waals surface area contributed by atoms with Gasteiger partial charge in [-0.3, -0.25) is 4.79 Å². The first-order chi connectivity index (χ1) is 13.9. The van der Waals surface area contributed by atoms with Crippen molar-refractivity contribution in [2.75, 3.05) is 39.4 Å². The smallest absolute Gasteiger partial charge is 0.282 e. The Morgan fingerprint density at radius 3 is 2.62 bits per heavy atom. The Kier molecular flexibility index (Phi) is 5.94. The lowest BCUT2D eigenvalue weighted by molar-refractivity contribution is 0.0705. The van der Waals surface area contributed by atoms with Gasteiger partial charge in [-0.2, -0.15) is 17.0 Å². The number of morpholine rings is 1. The Morgan fingerprint density at radius 1 is 1.17 bits per heavy atom. The highest BCUT2D eigenvalue weighted by Gasteiger charge is 2.38. The van der Waals surface area contributed by atoms with Crippen LogP contribution in [-0.4, -0.2) is 68.4 Å². The third-order valence-corrected chi connectivity index (χ3v) is 8.63. The normalized spacial score (nSPS) is 21.8. The van der Waals surface area contributed by atoms with Crippen molar-refractivity contribution >= 4 is 37.5 Å².